The first-order valence-corrected chi connectivity index (χ1v) is 9.33. The molecule has 7 nitrogen and oxygen atoms in total. The highest BCUT2D eigenvalue weighted by atomic mass is 16.5. The lowest BCUT2D eigenvalue weighted by Gasteiger charge is -2.18. The zero-order valence-electron chi connectivity index (χ0n) is 16.2. The minimum atomic E-state index is -0.592. The van der Waals surface area contributed by atoms with E-state index in [9.17, 15) is 4.79 Å². The summed E-state index contributed by atoms with van der Waals surface area (Å²) in [6.45, 7) is 2.90. The molecule has 2 atom stereocenters. The fourth-order valence-electron chi connectivity index (χ4n) is 2.65. The van der Waals surface area contributed by atoms with Crippen LogP contribution in [0.15, 0.2) is 59.6 Å². The fourth-order valence-corrected chi connectivity index (χ4v) is 2.65. The first-order valence-electron chi connectivity index (χ1n) is 9.33. The maximum absolute atomic E-state index is 12.2. The van der Waals surface area contributed by atoms with Gasteiger partial charge in [-0.15, -0.1) is 0 Å². The Kier molecular flexibility index (Phi) is 8.30. The summed E-state index contributed by atoms with van der Waals surface area (Å²) in [6.07, 6.45) is 1.16. The summed E-state index contributed by atoms with van der Waals surface area (Å²) < 4.78 is 5.78. The van der Waals surface area contributed by atoms with Crippen LogP contribution in [0.2, 0.25) is 0 Å². The lowest BCUT2D eigenvalue weighted by molar-refractivity contribution is -0.123. The molecule has 2 aromatic carbocycles. The molecule has 7 N–H and O–H groups in total. The van der Waals surface area contributed by atoms with E-state index < -0.39 is 6.04 Å². The first kappa shape index (κ1) is 21.2. The Balaban J connectivity index is 1.79. The van der Waals surface area contributed by atoms with E-state index in [1.807, 2.05) is 61.5 Å². The molecule has 1 unspecified atom stereocenters. The van der Waals surface area contributed by atoms with Crippen molar-refractivity contribution in [2.75, 3.05) is 6.54 Å². The number of rotatable bonds is 10. The molecule has 0 fully saturated rings. The van der Waals surface area contributed by atoms with E-state index in [-0.39, 0.29) is 17.9 Å². The number of hydrogen-bond donors (Lipinski definition) is 4. The summed E-state index contributed by atoms with van der Waals surface area (Å²) in [6, 6.07) is 16.9. The number of hydrogen-bond acceptors (Lipinski definition) is 4. The van der Waals surface area contributed by atoms with Crippen molar-refractivity contribution in [2.24, 2.45) is 22.2 Å². The van der Waals surface area contributed by atoms with Crippen molar-refractivity contribution in [3.63, 3.8) is 0 Å². The van der Waals surface area contributed by atoms with E-state index in [2.05, 4.69) is 10.3 Å². The van der Waals surface area contributed by atoms with Crippen LogP contribution in [0, 0.1) is 0 Å². The molecule has 28 heavy (non-hydrogen) atoms. The van der Waals surface area contributed by atoms with Gasteiger partial charge in [-0.3, -0.25) is 9.79 Å². The van der Waals surface area contributed by atoms with Gasteiger partial charge >= 0.3 is 0 Å². The van der Waals surface area contributed by atoms with Gasteiger partial charge in [-0.2, -0.15) is 0 Å². The van der Waals surface area contributed by atoms with E-state index in [1.54, 1.807) is 0 Å². The minimum absolute atomic E-state index is 0.0443. The van der Waals surface area contributed by atoms with Crippen LogP contribution in [0.3, 0.4) is 0 Å². The minimum Gasteiger partial charge on any atom is -0.489 e. The average molecular weight is 383 g/mol. The first-order chi connectivity index (χ1) is 13.5. The predicted octanol–water partition coefficient (Wildman–Crippen LogP) is 1.82. The second kappa shape index (κ2) is 10.9. The molecule has 0 aliphatic rings. The van der Waals surface area contributed by atoms with Gasteiger partial charge in [-0.05, 0) is 43.0 Å². The molecule has 7 heteroatoms. The molecule has 0 saturated heterocycles. The van der Waals surface area contributed by atoms with Gasteiger partial charge in [0.15, 0.2) is 5.96 Å². The normalized spacial score (nSPS) is 12.6. The number of guanidine groups is 1. The van der Waals surface area contributed by atoms with Crippen molar-refractivity contribution in [3.05, 3.63) is 65.7 Å². The number of carbonyl (C=O) groups excluding carboxylic acids is 1. The number of amides is 1. The molecule has 0 aliphatic heterocycles. The van der Waals surface area contributed by atoms with Crippen molar-refractivity contribution in [1.29, 1.82) is 0 Å². The number of carbonyl (C=O) groups is 1. The molecule has 0 aromatic heterocycles. The van der Waals surface area contributed by atoms with E-state index in [1.165, 1.54) is 0 Å². The molecular weight excluding hydrogens is 354 g/mol. The summed E-state index contributed by atoms with van der Waals surface area (Å²) >= 11 is 0. The van der Waals surface area contributed by atoms with Crippen molar-refractivity contribution in [2.45, 2.75) is 38.5 Å². The number of aliphatic imine (C=N–C) groups is 1. The number of nitrogens with two attached hydrogens (primary N) is 3. The van der Waals surface area contributed by atoms with Crippen LogP contribution in [-0.2, 0) is 11.4 Å². The van der Waals surface area contributed by atoms with Gasteiger partial charge in [0.05, 0.1) is 12.1 Å². The molecule has 0 radical (unpaired) electrons. The molecule has 0 heterocycles. The van der Waals surface area contributed by atoms with Gasteiger partial charge in [0.25, 0.3) is 0 Å². The van der Waals surface area contributed by atoms with Crippen LogP contribution in [-0.4, -0.2) is 24.5 Å². The Hall–Kier alpha value is -3.06. The SMILES string of the molecule is CC(NC(=O)[C@H](N)CCCN=C(N)N)c1ccc(OCc2ccccc2)cc1. The van der Waals surface area contributed by atoms with E-state index in [4.69, 9.17) is 21.9 Å². The van der Waals surface area contributed by atoms with Crippen LogP contribution in [0.5, 0.6) is 5.75 Å². The van der Waals surface area contributed by atoms with Gasteiger partial charge in [0.1, 0.15) is 12.4 Å². The Morgan fingerprint density at radius 2 is 1.79 bits per heavy atom. The highest BCUT2D eigenvalue weighted by Crippen LogP contribution is 2.19. The second-order valence-electron chi connectivity index (χ2n) is 6.63. The molecular formula is C21H29N5O2. The Morgan fingerprint density at radius 1 is 1.11 bits per heavy atom. The third-order valence-corrected chi connectivity index (χ3v) is 4.29. The molecule has 0 bridgehead atoms. The molecule has 0 saturated carbocycles. The monoisotopic (exact) mass is 383 g/mol. The van der Waals surface area contributed by atoms with Crippen molar-refractivity contribution >= 4 is 11.9 Å². The van der Waals surface area contributed by atoms with Crippen molar-refractivity contribution in [3.8, 4) is 5.75 Å². The summed E-state index contributed by atoms with van der Waals surface area (Å²) in [7, 11) is 0. The number of ether oxygens (including phenoxy) is 1. The van der Waals surface area contributed by atoms with Crippen molar-refractivity contribution in [1.82, 2.24) is 5.32 Å². The average Bonchev–Trinajstić information content (AvgIpc) is 2.70. The third-order valence-electron chi connectivity index (χ3n) is 4.29. The number of nitrogens with zero attached hydrogens (tertiary/aromatic N) is 1. The lowest BCUT2D eigenvalue weighted by atomic mass is 10.1. The Labute approximate surface area is 166 Å². The van der Waals surface area contributed by atoms with Gasteiger partial charge in [-0.1, -0.05) is 42.5 Å². The highest BCUT2D eigenvalue weighted by Gasteiger charge is 2.16. The fraction of sp³-hybridized carbons (Fsp3) is 0.333. The second-order valence-corrected chi connectivity index (χ2v) is 6.63. The van der Waals surface area contributed by atoms with E-state index in [0.717, 1.165) is 16.9 Å². The predicted molar refractivity (Wildman–Crippen MR) is 112 cm³/mol. The zero-order valence-corrected chi connectivity index (χ0v) is 16.2. The Bertz CT molecular complexity index is 758. The topological polar surface area (TPSA) is 129 Å². The van der Waals surface area contributed by atoms with Crippen LogP contribution in [0.25, 0.3) is 0 Å². The summed E-state index contributed by atoms with van der Waals surface area (Å²) in [5, 5.41) is 2.93. The van der Waals surface area contributed by atoms with Crippen LogP contribution in [0.1, 0.15) is 36.9 Å². The largest absolute Gasteiger partial charge is 0.489 e. The van der Waals surface area contributed by atoms with E-state index >= 15 is 0 Å². The molecule has 2 rings (SSSR count). The summed E-state index contributed by atoms with van der Waals surface area (Å²) in [5.41, 5.74) is 18.6. The molecule has 1 amide bonds. The van der Waals surface area contributed by atoms with Crippen LogP contribution in [0.4, 0.5) is 0 Å². The summed E-state index contributed by atoms with van der Waals surface area (Å²) in [4.78, 5) is 16.1. The van der Waals surface area contributed by atoms with Gasteiger partial charge in [-0.25, -0.2) is 0 Å². The Morgan fingerprint density at radius 3 is 2.43 bits per heavy atom. The number of benzene rings is 2. The standard InChI is InChI=1S/C21H29N5O2/c1-15(26-20(27)19(22)8-5-13-25-21(23)24)17-9-11-18(12-10-17)28-14-16-6-3-2-4-7-16/h2-4,6-7,9-12,15,19H,5,8,13-14,22H2,1H3,(H,26,27)(H4,23,24,25)/t15?,19-/m1/s1. The maximum Gasteiger partial charge on any atom is 0.237 e. The van der Waals surface area contributed by atoms with Crippen LogP contribution >= 0.6 is 0 Å². The zero-order chi connectivity index (χ0) is 20.4. The molecule has 0 aliphatic carbocycles. The molecule has 150 valence electrons. The maximum atomic E-state index is 12.2. The van der Waals surface area contributed by atoms with Crippen molar-refractivity contribution < 1.29 is 9.53 Å². The van der Waals surface area contributed by atoms with E-state index in [0.29, 0.717) is 26.0 Å². The van der Waals surface area contributed by atoms with Gasteiger partial charge in [0.2, 0.25) is 5.91 Å². The quantitative estimate of drug-likeness (QED) is 0.283. The molecule has 0 spiro atoms. The van der Waals surface area contributed by atoms with Crippen LogP contribution < -0.4 is 27.3 Å². The lowest BCUT2D eigenvalue weighted by Crippen LogP contribution is -2.41. The van der Waals surface area contributed by atoms with Gasteiger partial charge in [0, 0.05) is 6.54 Å². The number of nitrogens with one attached hydrogen (secondary N) is 1. The van der Waals surface area contributed by atoms with Gasteiger partial charge < -0.3 is 27.3 Å². The highest BCUT2D eigenvalue weighted by molar-refractivity contribution is 5.81. The summed E-state index contributed by atoms with van der Waals surface area (Å²) in [5.74, 6) is 0.631. The smallest absolute Gasteiger partial charge is 0.237 e. The molecule has 2 aromatic rings. The third kappa shape index (κ3) is 7.28.